The molecule has 0 radical (unpaired) electrons. The van der Waals surface area contributed by atoms with Crippen molar-refractivity contribution < 1.29 is 22.8 Å². The fourth-order valence-corrected chi connectivity index (χ4v) is 2.44. The molecule has 3 aromatic rings. The molecule has 0 atom stereocenters. The molecule has 0 saturated carbocycles. The summed E-state index contributed by atoms with van der Waals surface area (Å²) in [7, 11) is 0. The summed E-state index contributed by atoms with van der Waals surface area (Å²) < 4.78 is 37.6. The zero-order valence-corrected chi connectivity index (χ0v) is 13.3. The Hall–Kier alpha value is -3.35. The molecule has 4 nitrogen and oxygen atoms in total. The molecule has 0 spiro atoms. The average Bonchev–Trinajstić information content (AvgIpc) is 2.61. The van der Waals surface area contributed by atoms with Crippen LogP contribution in [0.25, 0.3) is 10.8 Å². The van der Waals surface area contributed by atoms with Crippen LogP contribution in [-0.4, -0.2) is 11.8 Å². The van der Waals surface area contributed by atoms with E-state index in [-0.39, 0.29) is 5.69 Å². The first-order valence-corrected chi connectivity index (χ1v) is 7.62. The molecule has 0 heterocycles. The maximum absolute atomic E-state index is 12.5. The number of fused-ring (bicyclic) bond motifs is 1. The smallest absolute Gasteiger partial charge is 0.318 e. The maximum Gasteiger partial charge on any atom is 0.416 e. The van der Waals surface area contributed by atoms with Crippen LogP contribution in [0.3, 0.4) is 0 Å². The molecule has 0 saturated heterocycles. The van der Waals surface area contributed by atoms with E-state index >= 15 is 0 Å². The summed E-state index contributed by atoms with van der Waals surface area (Å²) in [5.74, 6) is -1.89. The zero-order chi connectivity index (χ0) is 18.7. The van der Waals surface area contributed by atoms with Gasteiger partial charge in [-0.1, -0.05) is 36.4 Å². The Balaban J connectivity index is 1.71. The lowest BCUT2D eigenvalue weighted by Crippen LogP contribution is -2.29. The molecule has 0 fully saturated rings. The molecule has 2 N–H and O–H groups in total. The van der Waals surface area contributed by atoms with Gasteiger partial charge in [0.1, 0.15) is 0 Å². The number of amides is 2. The molecular weight excluding hydrogens is 345 g/mol. The molecule has 0 bridgehead atoms. The van der Waals surface area contributed by atoms with Gasteiger partial charge in [0.05, 0.1) is 5.56 Å². The van der Waals surface area contributed by atoms with E-state index in [2.05, 4.69) is 10.6 Å². The lowest BCUT2D eigenvalue weighted by atomic mass is 10.1. The molecule has 3 rings (SSSR count). The minimum Gasteiger partial charge on any atom is -0.318 e. The number of hydrogen-bond acceptors (Lipinski definition) is 2. The third-order valence-electron chi connectivity index (χ3n) is 3.71. The van der Waals surface area contributed by atoms with Crippen molar-refractivity contribution in [2.75, 3.05) is 10.6 Å². The van der Waals surface area contributed by atoms with Crippen molar-refractivity contribution in [1.29, 1.82) is 0 Å². The van der Waals surface area contributed by atoms with Crippen LogP contribution in [0.15, 0.2) is 66.7 Å². The monoisotopic (exact) mass is 358 g/mol. The van der Waals surface area contributed by atoms with E-state index in [9.17, 15) is 22.8 Å². The Morgan fingerprint density at radius 3 is 2.04 bits per heavy atom. The molecule has 7 heteroatoms. The summed E-state index contributed by atoms with van der Waals surface area (Å²) in [4.78, 5) is 24.1. The normalized spacial score (nSPS) is 11.2. The van der Waals surface area contributed by atoms with Crippen LogP contribution in [0.5, 0.6) is 0 Å². The van der Waals surface area contributed by atoms with E-state index < -0.39 is 23.6 Å². The fraction of sp³-hybridized carbons (Fsp3) is 0.0526. The number of nitrogens with one attached hydrogen (secondary N) is 2. The molecule has 0 aliphatic carbocycles. The highest BCUT2D eigenvalue weighted by molar-refractivity contribution is 6.44. The van der Waals surface area contributed by atoms with Gasteiger partial charge in [-0.2, -0.15) is 13.2 Å². The number of hydrogen-bond donors (Lipinski definition) is 2. The van der Waals surface area contributed by atoms with Crippen molar-refractivity contribution in [1.82, 2.24) is 0 Å². The van der Waals surface area contributed by atoms with Gasteiger partial charge in [-0.05, 0) is 35.7 Å². The predicted molar refractivity (Wildman–Crippen MR) is 92.7 cm³/mol. The fourth-order valence-electron chi connectivity index (χ4n) is 2.44. The highest BCUT2D eigenvalue weighted by Gasteiger charge is 2.30. The van der Waals surface area contributed by atoms with Crippen LogP contribution in [0.1, 0.15) is 5.56 Å². The second kappa shape index (κ2) is 6.87. The van der Waals surface area contributed by atoms with Crippen LogP contribution in [-0.2, 0) is 15.8 Å². The summed E-state index contributed by atoms with van der Waals surface area (Å²) >= 11 is 0. The highest BCUT2D eigenvalue weighted by Crippen LogP contribution is 2.29. The minimum atomic E-state index is -4.46. The maximum atomic E-state index is 12.5. The van der Waals surface area contributed by atoms with Crippen LogP contribution in [0.4, 0.5) is 24.5 Å². The molecule has 0 aliphatic heterocycles. The standard InChI is InChI=1S/C19H13F3N2O2/c20-19(21,22)13-8-10-14(11-9-13)23-17(25)18(26)24-16-7-3-5-12-4-1-2-6-15(12)16/h1-11H,(H,23,25)(H,24,26). The summed E-state index contributed by atoms with van der Waals surface area (Å²) in [6.45, 7) is 0. The Labute approximate surface area is 146 Å². The van der Waals surface area contributed by atoms with Crippen molar-refractivity contribution in [3.8, 4) is 0 Å². The summed E-state index contributed by atoms with van der Waals surface area (Å²) in [5.41, 5.74) is -0.276. The first kappa shape index (κ1) is 17.5. The van der Waals surface area contributed by atoms with E-state index in [0.717, 1.165) is 35.0 Å². The Morgan fingerprint density at radius 1 is 0.731 bits per heavy atom. The van der Waals surface area contributed by atoms with Gasteiger partial charge in [-0.3, -0.25) is 9.59 Å². The van der Waals surface area contributed by atoms with Crippen molar-refractivity contribution in [3.05, 3.63) is 72.3 Å². The second-order valence-electron chi connectivity index (χ2n) is 5.51. The van der Waals surface area contributed by atoms with E-state index in [1.165, 1.54) is 0 Å². The van der Waals surface area contributed by atoms with E-state index in [0.29, 0.717) is 5.69 Å². The van der Waals surface area contributed by atoms with Gasteiger partial charge in [0.15, 0.2) is 0 Å². The third kappa shape index (κ3) is 3.83. The Morgan fingerprint density at radius 2 is 1.35 bits per heavy atom. The van der Waals surface area contributed by atoms with Gasteiger partial charge in [-0.15, -0.1) is 0 Å². The van der Waals surface area contributed by atoms with Crippen LogP contribution >= 0.6 is 0 Å². The van der Waals surface area contributed by atoms with Crippen LogP contribution in [0, 0.1) is 0 Å². The van der Waals surface area contributed by atoms with Gasteiger partial charge >= 0.3 is 18.0 Å². The molecule has 26 heavy (non-hydrogen) atoms. The summed E-state index contributed by atoms with van der Waals surface area (Å²) in [6.07, 6.45) is -4.46. The molecule has 2 amide bonds. The summed E-state index contributed by atoms with van der Waals surface area (Å²) in [6, 6.07) is 16.4. The minimum absolute atomic E-state index is 0.0936. The lowest BCUT2D eigenvalue weighted by Gasteiger charge is -2.10. The molecule has 0 aromatic heterocycles. The quantitative estimate of drug-likeness (QED) is 0.666. The molecular formula is C19H13F3N2O2. The molecule has 132 valence electrons. The van der Waals surface area contributed by atoms with E-state index in [4.69, 9.17) is 0 Å². The largest absolute Gasteiger partial charge is 0.416 e. The van der Waals surface area contributed by atoms with Gasteiger partial charge in [0, 0.05) is 16.8 Å². The number of halogens is 3. The number of rotatable bonds is 2. The van der Waals surface area contributed by atoms with Crippen molar-refractivity contribution in [2.24, 2.45) is 0 Å². The first-order chi connectivity index (χ1) is 12.3. The van der Waals surface area contributed by atoms with Crippen LogP contribution in [0.2, 0.25) is 0 Å². The second-order valence-corrected chi connectivity index (χ2v) is 5.51. The number of carbonyl (C=O) groups is 2. The van der Waals surface area contributed by atoms with Gasteiger partial charge in [-0.25, -0.2) is 0 Å². The van der Waals surface area contributed by atoms with Gasteiger partial charge < -0.3 is 10.6 Å². The Kier molecular flexibility index (Phi) is 4.62. The zero-order valence-electron chi connectivity index (χ0n) is 13.3. The summed E-state index contributed by atoms with van der Waals surface area (Å²) in [5, 5.41) is 6.45. The van der Waals surface area contributed by atoms with Crippen molar-refractivity contribution in [2.45, 2.75) is 6.18 Å². The number of anilines is 2. The Bertz CT molecular complexity index is 961. The van der Waals surface area contributed by atoms with E-state index in [1.807, 2.05) is 18.2 Å². The average molecular weight is 358 g/mol. The number of benzene rings is 3. The topological polar surface area (TPSA) is 58.2 Å². The molecule has 0 unspecified atom stereocenters. The van der Waals surface area contributed by atoms with Crippen molar-refractivity contribution in [3.63, 3.8) is 0 Å². The first-order valence-electron chi connectivity index (χ1n) is 7.62. The molecule has 3 aromatic carbocycles. The highest BCUT2D eigenvalue weighted by atomic mass is 19.4. The van der Waals surface area contributed by atoms with E-state index in [1.54, 1.807) is 24.3 Å². The van der Waals surface area contributed by atoms with Gasteiger partial charge in [0.25, 0.3) is 0 Å². The third-order valence-corrected chi connectivity index (χ3v) is 3.71. The lowest BCUT2D eigenvalue weighted by molar-refractivity contribution is -0.137. The van der Waals surface area contributed by atoms with Gasteiger partial charge in [0.2, 0.25) is 0 Å². The number of alkyl halides is 3. The van der Waals surface area contributed by atoms with Crippen molar-refractivity contribution >= 4 is 34.0 Å². The SMILES string of the molecule is O=C(Nc1ccc(C(F)(F)F)cc1)C(=O)Nc1cccc2ccccc12. The van der Waals surface area contributed by atoms with Crippen LogP contribution < -0.4 is 10.6 Å². The molecule has 0 aliphatic rings. The number of carbonyl (C=O) groups excluding carboxylic acids is 2. The predicted octanol–water partition coefficient (Wildman–Crippen LogP) is 4.44.